The molecule has 22 nitrogen and oxygen atoms in total. The first kappa shape index (κ1) is 70.9. The number of aliphatic hydroxyl groups is 5. The van der Waals surface area contributed by atoms with E-state index in [9.17, 15) is 35.1 Å². The number of ether oxygens (including phenoxy) is 13. The van der Waals surface area contributed by atoms with Crippen molar-refractivity contribution in [1.29, 1.82) is 0 Å². The fourth-order valence-electron chi connectivity index (χ4n) is 11.7. The quantitative estimate of drug-likeness (QED) is 0.0201. The molecule has 4 fully saturated rings. The second-order valence-corrected chi connectivity index (χ2v) is 23.9. The molecular weight excluding hydrogens is 1210 g/mol. The number of unbranched alkanes of at least 4 members (excludes halogenated alkanes) is 3. The maximum Gasteiger partial charge on any atom is 0.217 e. The Kier molecular flexibility index (Phi) is 28.1. The Balaban J connectivity index is 1.00. The van der Waals surface area contributed by atoms with Gasteiger partial charge in [-0.05, 0) is 47.6 Å². The Morgan fingerprint density at radius 1 is 0.424 bits per heavy atom. The largest absolute Gasteiger partial charge is 0.394 e. The molecule has 0 saturated carbocycles. The average Bonchev–Trinajstić information content (AvgIpc) is 0.924. The van der Waals surface area contributed by atoms with Gasteiger partial charge in [0.2, 0.25) is 11.8 Å². The summed E-state index contributed by atoms with van der Waals surface area (Å²) in [6.45, 7) is 3.97. The van der Waals surface area contributed by atoms with E-state index >= 15 is 0 Å². The van der Waals surface area contributed by atoms with Gasteiger partial charge >= 0.3 is 0 Å². The lowest BCUT2D eigenvalue weighted by Crippen LogP contribution is -2.70. The smallest absolute Gasteiger partial charge is 0.217 e. The highest BCUT2D eigenvalue weighted by Gasteiger charge is 2.57. The first-order valence-corrected chi connectivity index (χ1v) is 32.1. The molecule has 2 amide bonds. The van der Waals surface area contributed by atoms with Crippen LogP contribution in [0.25, 0.3) is 0 Å². The van der Waals surface area contributed by atoms with Gasteiger partial charge in [-0.25, -0.2) is 0 Å². The Labute approximate surface area is 542 Å². The van der Waals surface area contributed by atoms with E-state index in [2.05, 4.69) is 10.6 Å². The zero-order chi connectivity index (χ0) is 64.8. The van der Waals surface area contributed by atoms with E-state index in [0.29, 0.717) is 12.3 Å². The van der Waals surface area contributed by atoms with Gasteiger partial charge in [-0.15, -0.1) is 11.6 Å². The predicted molar refractivity (Wildman–Crippen MR) is 334 cm³/mol. The number of benzene rings is 5. The maximum atomic E-state index is 13.4. The number of halogens is 1. The van der Waals surface area contributed by atoms with Crippen LogP contribution in [0.15, 0.2) is 152 Å². The van der Waals surface area contributed by atoms with Crippen LogP contribution in [0.4, 0.5) is 0 Å². The van der Waals surface area contributed by atoms with E-state index in [4.69, 9.17) is 73.2 Å². The Bertz CT molecular complexity index is 2900. The van der Waals surface area contributed by atoms with Crippen molar-refractivity contribution in [2.45, 2.75) is 202 Å². The first-order chi connectivity index (χ1) is 44.8. The van der Waals surface area contributed by atoms with E-state index in [-0.39, 0.29) is 52.9 Å². The molecule has 0 radical (unpaired) electrons. The van der Waals surface area contributed by atoms with Crippen LogP contribution in [0.5, 0.6) is 0 Å². The fourth-order valence-corrected chi connectivity index (χ4v) is 11.9. The minimum absolute atomic E-state index is 0.0864. The molecule has 0 aliphatic carbocycles. The molecule has 0 unspecified atom stereocenters. The van der Waals surface area contributed by atoms with Crippen molar-refractivity contribution < 1.29 is 96.7 Å². The van der Waals surface area contributed by atoms with Gasteiger partial charge in [0.1, 0.15) is 91.4 Å². The summed E-state index contributed by atoms with van der Waals surface area (Å²) < 4.78 is 85.3. The number of hydrogen-bond donors (Lipinski definition) is 7. The van der Waals surface area contributed by atoms with E-state index in [1.807, 2.05) is 159 Å². The number of rotatable bonds is 33. The number of hydrogen-bond acceptors (Lipinski definition) is 20. The molecule has 9 rings (SSSR count). The van der Waals surface area contributed by atoms with Crippen molar-refractivity contribution in [3.8, 4) is 0 Å². The summed E-state index contributed by atoms with van der Waals surface area (Å²) in [6, 6.07) is 44.8. The van der Waals surface area contributed by atoms with E-state index in [1.54, 1.807) is 0 Å². The summed E-state index contributed by atoms with van der Waals surface area (Å²) in [5.74, 6) is -0.607. The highest BCUT2D eigenvalue weighted by molar-refractivity contribution is 6.17. The van der Waals surface area contributed by atoms with E-state index < -0.39 is 141 Å². The van der Waals surface area contributed by atoms with Gasteiger partial charge in [-0.2, -0.15) is 0 Å². The van der Waals surface area contributed by atoms with Crippen LogP contribution in [-0.4, -0.2) is 192 Å². The number of nitrogens with one attached hydrogen (secondary N) is 2. The van der Waals surface area contributed by atoms with Gasteiger partial charge in [0, 0.05) is 26.3 Å². The molecule has 4 saturated heterocycles. The standard InChI is InChI=1S/C69H89ClN2O20/c1-43-60(83-38-48-27-15-8-16-28-48)64(84-39-49-29-17-9-18-30-49)65(85-40-50-31-19-10-20-32-50)69(86-43)91-62-53(42-81-37-47-25-13-7-14-26-47)89-67(55(58(62)78)72-45(3)75)92-63-56(76)51(35-73)87-68(59(63)79)90-61-52(41-80-36-46-23-11-6-12-24-46)88-66(54(57(61)77)71-44(2)74)82-34-22-5-4-21-33-70/h6-20,23-32,43,51-69,73,76-79H,4-5,21-22,33-42H2,1-3H3,(H,71,74)(H,72,75)/t43-,51+,52+,53+,54+,55+,56-,57+,58+,59+,60+,61+,62+,63-,64+,65-,66+,67-,68-,69-/m0/s1. The lowest BCUT2D eigenvalue weighted by atomic mass is 9.94. The Morgan fingerprint density at radius 2 is 0.826 bits per heavy atom. The molecule has 23 heteroatoms. The SMILES string of the molecule is CC(=O)N[C@H]1[C@H](OCCCCCCCl)O[C@H](COCc2ccccc2)[C@@H](O[C@@H]2O[C@H](CO)[C@H](O)[C@H](O[C@@H]3O[C@H](COCc4ccccc4)[C@@H](O[C@@H]4O[C@@H](C)[C@@H](OCc5ccccc5)[C@@H](OCc5ccccc5)[C@@H]4OCc4ccccc4)[C@H](O)[C@H]3NC(C)=O)[C@H]2O)[C@@H]1O. The number of aliphatic hydroxyl groups excluding tert-OH is 5. The van der Waals surface area contributed by atoms with E-state index in [0.717, 1.165) is 47.1 Å². The average molecular weight is 1300 g/mol. The predicted octanol–water partition coefficient (Wildman–Crippen LogP) is 5.51. The van der Waals surface area contributed by atoms with Gasteiger partial charge in [0.05, 0.1) is 59.0 Å². The molecule has 5 aromatic carbocycles. The number of carbonyl (C=O) groups is 2. The van der Waals surface area contributed by atoms with Crippen molar-refractivity contribution in [2.24, 2.45) is 0 Å². The third-order valence-electron chi connectivity index (χ3n) is 16.5. The number of amides is 2. The lowest BCUT2D eigenvalue weighted by Gasteiger charge is -2.51. The summed E-state index contributed by atoms with van der Waals surface area (Å²) in [5, 5.41) is 65.9. The van der Waals surface area contributed by atoms with Crippen molar-refractivity contribution in [2.75, 3.05) is 32.3 Å². The van der Waals surface area contributed by atoms with Crippen molar-refractivity contribution in [3.05, 3.63) is 179 Å². The van der Waals surface area contributed by atoms with Crippen LogP contribution in [0.3, 0.4) is 0 Å². The molecular formula is C69H89ClN2O20. The van der Waals surface area contributed by atoms with Crippen LogP contribution in [0.2, 0.25) is 0 Å². The van der Waals surface area contributed by atoms with Gasteiger partial charge in [0.25, 0.3) is 0 Å². The van der Waals surface area contributed by atoms with Crippen LogP contribution in [0.1, 0.15) is 74.3 Å². The van der Waals surface area contributed by atoms with Gasteiger partial charge in [-0.1, -0.05) is 165 Å². The minimum Gasteiger partial charge on any atom is -0.394 e. The monoisotopic (exact) mass is 1300 g/mol. The molecule has 92 heavy (non-hydrogen) atoms. The van der Waals surface area contributed by atoms with Gasteiger partial charge < -0.3 is 97.7 Å². The normalized spacial score (nSPS) is 31.6. The first-order valence-electron chi connectivity index (χ1n) is 31.6. The molecule has 5 aromatic rings. The minimum atomic E-state index is -1.96. The van der Waals surface area contributed by atoms with Crippen molar-refractivity contribution in [1.82, 2.24) is 10.6 Å². The van der Waals surface area contributed by atoms with Crippen molar-refractivity contribution in [3.63, 3.8) is 0 Å². The van der Waals surface area contributed by atoms with Gasteiger partial charge in [0.15, 0.2) is 25.2 Å². The third kappa shape index (κ3) is 20.1. The molecule has 0 spiro atoms. The lowest BCUT2D eigenvalue weighted by molar-refractivity contribution is -0.380. The highest BCUT2D eigenvalue weighted by Crippen LogP contribution is 2.37. The summed E-state index contributed by atoms with van der Waals surface area (Å²) in [6.07, 6.45) is -21.8. The molecule has 4 aliphatic heterocycles. The highest BCUT2D eigenvalue weighted by atomic mass is 35.5. The molecule has 0 bridgehead atoms. The Morgan fingerprint density at radius 3 is 1.29 bits per heavy atom. The second-order valence-electron chi connectivity index (χ2n) is 23.5. The topological polar surface area (TPSA) is 279 Å². The summed E-state index contributed by atoms with van der Waals surface area (Å²) in [5.41, 5.74) is 4.30. The molecule has 7 N–H and O–H groups in total. The van der Waals surface area contributed by atoms with Crippen LogP contribution >= 0.6 is 11.6 Å². The molecule has 4 aliphatic rings. The van der Waals surface area contributed by atoms with Crippen LogP contribution in [0, 0.1) is 0 Å². The molecule has 4 heterocycles. The molecule has 0 aromatic heterocycles. The molecule has 502 valence electrons. The fraction of sp³-hybridized carbons (Fsp3) is 0.536. The Hall–Kier alpha value is -5.39. The third-order valence-corrected chi connectivity index (χ3v) is 16.7. The summed E-state index contributed by atoms with van der Waals surface area (Å²) in [4.78, 5) is 26.1. The zero-order valence-electron chi connectivity index (χ0n) is 52.1. The van der Waals surface area contributed by atoms with Crippen LogP contribution in [-0.2, 0) is 104 Å². The summed E-state index contributed by atoms with van der Waals surface area (Å²) in [7, 11) is 0. The van der Waals surface area contributed by atoms with Crippen molar-refractivity contribution >= 4 is 23.4 Å². The van der Waals surface area contributed by atoms with Crippen LogP contribution < -0.4 is 10.6 Å². The number of alkyl halides is 1. The summed E-state index contributed by atoms with van der Waals surface area (Å²) >= 11 is 5.90. The van der Waals surface area contributed by atoms with Gasteiger partial charge in [-0.3, -0.25) is 9.59 Å². The number of carbonyl (C=O) groups excluding carboxylic acids is 2. The maximum absolute atomic E-state index is 13.4. The van der Waals surface area contributed by atoms with E-state index in [1.165, 1.54) is 13.8 Å². The second kappa shape index (κ2) is 36.5. The molecule has 20 atom stereocenters. The zero-order valence-corrected chi connectivity index (χ0v) is 52.9.